The van der Waals surface area contributed by atoms with E-state index in [0.29, 0.717) is 0 Å². The van der Waals surface area contributed by atoms with Crippen LogP contribution in [-0.4, -0.2) is 0 Å². The molecule has 0 aliphatic carbocycles. The van der Waals surface area contributed by atoms with Crippen molar-refractivity contribution in [1.29, 1.82) is 0 Å². The van der Waals surface area contributed by atoms with Gasteiger partial charge in [0.15, 0.2) is 0 Å². The zero-order chi connectivity index (χ0) is 14.5. The van der Waals surface area contributed by atoms with Crippen LogP contribution in [0.15, 0.2) is 36.4 Å². The number of rotatable bonds is 4. The van der Waals surface area contributed by atoms with Crippen LogP contribution in [0.2, 0.25) is 0 Å². The van der Waals surface area contributed by atoms with Gasteiger partial charge < -0.3 is 0 Å². The highest BCUT2D eigenvalue weighted by atomic mass is 14.1. The molecule has 0 saturated carbocycles. The molecule has 0 heterocycles. The second kappa shape index (κ2) is 6.56. The SMILES string of the molecule is CC=Cc1ccc2c(CC)c(C=CC)ccc2c1CC. The molecule has 0 aliphatic rings. The summed E-state index contributed by atoms with van der Waals surface area (Å²) >= 11 is 0. The summed E-state index contributed by atoms with van der Waals surface area (Å²) in [7, 11) is 0. The van der Waals surface area contributed by atoms with Crippen molar-refractivity contribution >= 4 is 22.9 Å². The van der Waals surface area contributed by atoms with Gasteiger partial charge in [-0.25, -0.2) is 0 Å². The van der Waals surface area contributed by atoms with Crippen LogP contribution in [0.5, 0.6) is 0 Å². The molecule has 0 amide bonds. The Morgan fingerprint density at radius 3 is 1.40 bits per heavy atom. The molecular weight excluding hydrogens is 240 g/mol. The summed E-state index contributed by atoms with van der Waals surface area (Å²) in [6.45, 7) is 8.65. The van der Waals surface area contributed by atoms with Gasteiger partial charge in [0.05, 0.1) is 0 Å². The molecule has 2 aromatic carbocycles. The average molecular weight is 264 g/mol. The van der Waals surface area contributed by atoms with E-state index in [0.717, 1.165) is 12.8 Å². The summed E-state index contributed by atoms with van der Waals surface area (Å²) in [5.41, 5.74) is 5.62. The van der Waals surface area contributed by atoms with E-state index >= 15 is 0 Å². The molecule has 0 fully saturated rings. The van der Waals surface area contributed by atoms with Crippen LogP contribution in [0, 0.1) is 0 Å². The van der Waals surface area contributed by atoms with Crippen LogP contribution in [0.25, 0.3) is 22.9 Å². The fourth-order valence-electron chi connectivity index (χ4n) is 3.02. The largest absolute Gasteiger partial charge is 0.0871 e. The number of allylic oxidation sites excluding steroid dienone is 2. The van der Waals surface area contributed by atoms with Gasteiger partial charge in [-0.3, -0.25) is 0 Å². The zero-order valence-electron chi connectivity index (χ0n) is 13.0. The van der Waals surface area contributed by atoms with Crippen molar-refractivity contribution < 1.29 is 0 Å². The second-order valence-corrected chi connectivity index (χ2v) is 5.07. The summed E-state index contributed by atoms with van der Waals surface area (Å²) in [5, 5.41) is 2.82. The van der Waals surface area contributed by atoms with Gasteiger partial charge in [-0.05, 0) is 59.7 Å². The standard InChI is InChI=1S/C20H24/c1-5-9-15-11-13-20-18(8-4)16(10-6-2)12-14-19(20)17(15)7-3/h5-6,9-14H,7-8H2,1-4H3. The van der Waals surface area contributed by atoms with Crippen LogP contribution >= 0.6 is 0 Å². The summed E-state index contributed by atoms with van der Waals surface area (Å²) in [6.07, 6.45) is 10.8. The van der Waals surface area contributed by atoms with Crippen molar-refractivity contribution in [3.05, 3.63) is 58.7 Å². The van der Waals surface area contributed by atoms with Crippen LogP contribution in [0.4, 0.5) is 0 Å². The number of hydrogen-bond acceptors (Lipinski definition) is 0. The molecule has 0 unspecified atom stereocenters. The van der Waals surface area contributed by atoms with E-state index in [9.17, 15) is 0 Å². The van der Waals surface area contributed by atoms with Gasteiger partial charge in [0.25, 0.3) is 0 Å². The van der Waals surface area contributed by atoms with Gasteiger partial charge >= 0.3 is 0 Å². The van der Waals surface area contributed by atoms with Gasteiger partial charge in [0, 0.05) is 0 Å². The lowest BCUT2D eigenvalue weighted by Crippen LogP contribution is -1.94. The van der Waals surface area contributed by atoms with E-state index in [4.69, 9.17) is 0 Å². The normalized spacial score (nSPS) is 12.0. The fourth-order valence-corrected chi connectivity index (χ4v) is 3.02. The van der Waals surface area contributed by atoms with E-state index in [1.54, 1.807) is 0 Å². The number of fused-ring (bicyclic) bond motifs is 1. The highest BCUT2D eigenvalue weighted by Crippen LogP contribution is 2.30. The van der Waals surface area contributed by atoms with Gasteiger partial charge in [-0.1, -0.05) is 62.4 Å². The van der Waals surface area contributed by atoms with Gasteiger partial charge in [0.1, 0.15) is 0 Å². The third-order valence-corrected chi connectivity index (χ3v) is 3.90. The summed E-state index contributed by atoms with van der Waals surface area (Å²) < 4.78 is 0. The molecule has 0 aromatic heterocycles. The Morgan fingerprint density at radius 1 is 0.700 bits per heavy atom. The third kappa shape index (κ3) is 2.56. The number of hydrogen-bond donors (Lipinski definition) is 0. The quantitative estimate of drug-likeness (QED) is 0.632. The summed E-state index contributed by atoms with van der Waals surface area (Å²) in [4.78, 5) is 0. The molecule has 0 aliphatic heterocycles. The fraction of sp³-hybridized carbons (Fsp3) is 0.300. The Morgan fingerprint density at radius 2 is 1.10 bits per heavy atom. The van der Waals surface area contributed by atoms with Crippen LogP contribution < -0.4 is 0 Å². The van der Waals surface area contributed by atoms with E-state index in [1.165, 1.54) is 33.0 Å². The lowest BCUT2D eigenvalue weighted by atomic mass is 9.90. The first-order valence-corrected chi connectivity index (χ1v) is 7.59. The Kier molecular flexibility index (Phi) is 4.79. The van der Waals surface area contributed by atoms with Crippen LogP contribution in [0.1, 0.15) is 49.9 Å². The van der Waals surface area contributed by atoms with Crippen molar-refractivity contribution in [3.63, 3.8) is 0 Å². The minimum absolute atomic E-state index is 1.07. The van der Waals surface area contributed by atoms with Crippen molar-refractivity contribution in [2.45, 2.75) is 40.5 Å². The first-order chi connectivity index (χ1) is 9.76. The van der Waals surface area contributed by atoms with E-state index < -0.39 is 0 Å². The Bertz CT molecular complexity index is 598. The Hall–Kier alpha value is -1.82. The van der Waals surface area contributed by atoms with Crippen molar-refractivity contribution in [3.8, 4) is 0 Å². The van der Waals surface area contributed by atoms with E-state index in [2.05, 4.69) is 76.3 Å². The lowest BCUT2D eigenvalue weighted by molar-refractivity contribution is 1.13. The smallest absolute Gasteiger partial charge is 0.0143 e. The van der Waals surface area contributed by atoms with Crippen LogP contribution in [0.3, 0.4) is 0 Å². The van der Waals surface area contributed by atoms with E-state index in [-0.39, 0.29) is 0 Å². The van der Waals surface area contributed by atoms with Gasteiger partial charge in [0.2, 0.25) is 0 Å². The van der Waals surface area contributed by atoms with Crippen molar-refractivity contribution in [1.82, 2.24) is 0 Å². The molecule has 20 heavy (non-hydrogen) atoms. The molecule has 0 heteroatoms. The zero-order valence-corrected chi connectivity index (χ0v) is 13.0. The molecule has 0 atom stereocenters. The summed E-state index contributed by atoms with van der Waals surface area (Å²) in [6, 6.07) is 9.10. The number of aryl methyl sites for hydroxylation is 2. The average Bonchev–Trinajstić information content (AvgIpc) is 2.47. The maximum Gasteiger partial charge on any atom is -0.0143 e. The molecule has 0 radical (unpaired) electrons. The van der Waals surface area contributed by atoms with E-state index in [1.807, 2.05) is 0 Å². The van der Waals surface area contributed by atoms with Crippen molar-refractivity contribution in [2.75, 3.05) is 0 Å². The van der Waals surface area contributed by atoms with Crippen LogP contribution in [-0.2, 0) is 12.8 Å². The van der Waals surface area contributed by atoms with Gasteiger partial charge in [-0.2, -0.15) is 0 Å². The van der Waals surface area contributed by atoms with Gasteiger partial charge in [-0.15, -0.1) is 0 Å². The molecule has 0 saturated heterocycles. The summed E-state index contributed by atoms with van der Waals surface area (Å²) in [5.74, 6) is 0. The molecule has 0 nitrogen and oxygen atoms in total. The number of benzene rings is 2. The maximum absolute atomic E-state index is 2.29. The Labute approximate surface area is 122 Å². The Balaban J connectivity index is 2.80. The molecule has 2 aromatic rings. The molecule has 0 N–H and O–H groups in total. The monoisotopic (exact) mass is 264 g/mol. The first-order valence-electron chi connectivity index (χ1n) is 7.59. The second-order valence-electron chi connectivity index (χ2n) is 5.07. The molecule has 2 rings (SSSR count). The molecule has 0 bridgehead atoms. The lowest BCUT2D eigenvalue weighted by Gasteiger charge is -2.14. The predicted octanol–water partition coefficient (Wildman–Crippen LogP) is 6.03. The highest BCUT2D eigenvalue weighted by Gasteiger charge is 2.09. The highest BCUT2D eigenvalue weighted by molar-refractivity contribution is 5.93. The predicted molar refractivity (Wildman–Crippen MR) is 92.1 cm³/mol. The molecular formula is C20H24. The van der Waals surface area contributed by atoms with Crippen molar-refractivity contribution in [2.24, 2.45) is 0 Å². The molecule has 104 valence electrons. The maximum atomic E-state index is 2.29. The topological polar surface area (TPSA) is 0 Å². The molecule has 0 spiro atoms. The third-order valence-electron chi connectivity index (χ3n) is 3.90. The first kappa shape index (κ1) is 14.6. The minimum Gasteiger partial charge on any atom is -0.0871 e. The minimum atomic E-state index is 1.07.